The van der Waals surface area contributed by atoms with Crippen LogP contribution in [0.3, 0.4) is 0 Å². The minimum Gasteiger partial charge on any atom is -0.480 e. The maximum absolute atomic E-state index is 12.6. The van der Waals surface area contributed by atoms with Crippen molar-refractivity contribution < 1.29 is 39.3 Å². The molecule has 13 nitrogen and oxygen atoms in total. The van der Waals surface area contributed by atoms with Crippen LogP contribution in [0.15, 0.2) is 0 Å². The monoisotopic (exact) mass is 433 g/mol. The lowest BCUT2D eigenvalue weighted by Gasteiger charge is -2.27. The Kier molecular flexibility index (Phi) is 11.5. The number of carbonyl (C=O) groups is 5. The molecule has 6 atom stereocenters. The molecule has 0 rings (SSSR count). The van der Waals surface area contributed by atoms with Crippen LogP contribution in [-0.4, -0.2) is 81.8 Å². The van der Waals surface area contributed by atoms with E-state index in [0.29, 0.717) is 6.42 Å². The number of primary amides is 1. The maximum atomic E-state index is 12.6. The van der Waals surface area contributed by atoms with Crippen molar-refractivity contribution in [2.45, 2.75) is 63.9 Å². The van der Waals surface area contributed by atoms with E-state index in [1.807, 2.05) is 0 Å². The van der Waals surface area contributed by atoms with Crippen LogP contribution in [0.4, 0.5) is 0 Å². The Morgan fingerprint density at radius 3 is 1.87 bits per heavy atom. The predicted molar refractivity (Wildman–Crippen MR) is 103 cm³/mol. The Labute approximate surface area is 173 Å². The number of carbonyl (C=O) groups excluding carboxylic acids is 4. The number of rotatable bonds is 13. The fourth-order valence-corrected chi connectivity index (χ4v) is 2.30. The standard InChI is InChI=1S/C17H31N5O8/c1-4-7(2)13(16(28)21-10(6-23)17(29)30)22-14(26)9(5-11(18)25)20-15(27)12(19)8(3)24/h7-10,12-13,23-24H,4-6,19H2,1-3H3,(H2,18,25)(H,20,27)(H,21,28)(H,22,26)(H,29,30). The zero-order valence-electron chi connectivity index (χ0n) is 17.1. The van der Waals surface area contributed by atoms with Gasteiger partial charge in [0.15, 0.2) is 0 Å². The van der Waals surface area contributed by atoms with Gasteiger partial charge in [-0.15, -0.1) is 0 Å². The number of nitrogens with two attached hydrogens (primary N) is 2. The molecule has 4 amide bonds. The van der Waals surface area contributed by atoms with Gasteiger partial charge in [0, 0.05) is 0 Å². The summed E-state index contributed by atoms with van der Waals surface area (Å²) in [6.07, 6.45) is -1.42. The molecule has 10 N–H and O–H groups in total. The minimum atomic E-state index is -1.58. The van der Waals surface area contributed by atoms with Crippen molar-refractivity contribution >= 4 is 29.6 Å². The van der Waals surface area contributed by atoms with Crippen LogP contribution in [-0.2, 0) is 24.0 Å². The van der Waals surface area contributed by atoms with Gasteiger partial charge in [-0.3, -0.25) is 19.2 Å². The van der Waals surface area contributed by atoms with E-state index < -0.39 is 78.8 Å². The molecule has 0 aromatic carbocycles. The van der Waals surface area contributed by atoms with Crippen LogP contribution >= 0.6 is 0 Å². The summed E-state index contributed by atoms with van der Waals surface area (Å²) in [5, 5.41) is 34.1. The number of amides is 4. The van der Waals surface area contributed by atoms with E-state index in [1.165, 1.54) is 6.92 Å². The van der Waals surface area contributed by atoms with Crippen LogP contribution in [0.1, 0.15) is 33.6 Å². The second-order valence-electron chi connectivity index (χ2n) is 6.95. The fraction of sp³-hybridized carbons (Fsp3) is 0.706. The molecule has 172 valence electrons. The molecule has 0 saturated heterocycles. The average Bonchev–Trinajstić information content (AvgIpc) is 2.67. The molecule has 13 heteroatoms. The van der Waals surface area contributed by atoms with E-state index in [9.17, 15) is 29.1 Å². The Hall–Kier alpha value is -2.77. The maximum Gasteiger partial charge on any atom is 0.328 e. The fourth-order valence-electron chi connectivity index (χ4n) is 2.30. The number of hydrogen-bond donors (Lipinski definition) is 8. The van der Waals surface area contributed by atoms with Crippen molar-refractivity contribution in [2.24, 2.45) is 17.4 Å². The van der Waals surface area contributed by atoms with Crippen LogP contribution in [0.5, 0.6) is 0 Å². The van der Waals surface area contributed by atoms with Gasteiger partial charge < -0.3 is 42.7 Å². The summed E-state index contributed by atoms with van der Waals surface area (Å²) in [5.41, 5.74) is 10.6. The third kappa shape index (κ3) is 8.71. The smallest absolute Gasteiger partial charge is 0.328 e. The first kappa shape index (κ1) is 27.2. The van der Waals surface area contributed by atoms with Crippen LogP contribution < -0.4 is 27.4 Å². The topological polar surface area (TPSA) is 234 Å². The molecule has 0 heterocycles. The number of aliphatic carboxylic acids is 1. The Balaban J connectivity index is 5.51. The van der Waals surface area contributed by atoms with Crippen molar-refractivity contribution in [3.63, 3.8) is 0 Å². The van der Waals surface area contributed by atoms with Crippen LogP contribution in [0, 0.1) is 5.92 Å². The molecular weight excluding hydrogens is 402 g/mol. The highest BCUT2D eigenvalue weighted by Crippen LogP contribution is 2.09. The summed E-state index contributed by atoms with van der Waals surface area (Å²) >= 11 is 0. The average molecular weight is 433 g/mol. The van der Waals surface area contributed by atoms with Gasteiger partial charge in [0.05, 0.1) is 19.1 Å². The number of aliphatic hydroxyl groups is 2. The number of carboxylic acids is 1. The van der Waals surface area contributed by atoms with Crippen molar-refractivity contribution in [1.82, 2.24) is 16.0 Å². The molecule has 0 fully saturated rings. The molecule has 0 aromatic heterocycles. The first-order valence-electron chi connectivity index (χ1n) is 9.32. The zero-order valence-corrected chi connectivity index (χ0v) is 17.1. The molecule has 30 heavy (non-hydrogen) atoms. The first-order chi connectivity index (χ1) is 13.8. The highest BCUT2D eigenvalue weighted by molar-refractivity contribution is 5.96. The molecule has 6 unspecified atom stereocenters. The Morgan fingerprint density at radius 2 is 1.47 bits per heavy atom. The highest BCUT2D eigenvalue weighted by atomic mass is 16.4. The number of nitrogens with one attached hydrogen (secondary N) is 3. The first-order valence-corrected chi connectivity index (χ1v) is 9.32. The quantitative estimate of drug-likeness (QED) is 0.142. The molecule has 0 radical (unpaired) electrons. The van der Waals surface area contributed by atoms with Crippen molar-refractivity contribution in [3.8, 4) is 0 Å². The van der Waals surface area contributed by atoms with E-state index in [4.69, 9.17) is 21.7 Å². The Bertz CT molecular complexity index is 642. The minimum absolute atomic E-state index is 0.412. The van der Waals surface area contributed by atoms with E-state index >= 15 is 0 Å². The summed E-state index contributed by atoms with van der Waals surface area (Å²) in [6.45, 7) is 3.74. The molecule has 0 saturated carbocycles. The normalized spacial score (nSPS) is 16.9. The molecule has 0 aromatic rings. The van der Waals surface area contributed by atoms with Gasteiger partial charge in [-0.05, 0) is 12.8 Å². The summed E-state index contributed by atoms with van der Waals surface area (Å²) in [7, 11) is 0. The molecule has 0 aliphatic carbocycles. The SMILES string of the molecule is CCC(C)C(NC(=O)C(CC(N)=O)NC(=O)C(N)C(C)O)C(=O)NC(CO)C(=O)O. The molecular formula is C17H31N5O8. The van der Waals surface area contributed by atoms with Gasteiger partial charge in [0.2, 0.25) is 23.6 Å². The lowest BCUT2D eigenvalue weighted by atomic mass is 9.97. The lowest BCUT2D eigenvalue weighted by molar-refractivity contribution is -0.144. The van der Waals surface area contributed by atoms with E-state index in [0.717, 1.165) is 0 Å². The summed E-state index contributed by atoms with van der Waals surface area (Å²) in [4.78, 5) is 59.5. The summed E-state index contributed by atoms with van der Waals surface area (Å²) < 4.78 is 0. The van der Waals surface area contributed by atoms with Gasteiger partial charge in [-0.1, -0.05) is 20.3 Å². The van der Waals surface area contributed by atoms with E-state index in [2.05, 4.69) is 16.0 Å². The van der Waals surface area contributed by atoms with Crippen LogP contribution in [0.2, 0.25) is 0 Å². The van der Waals surface area contributed by atoms with Gasteiger partial charge in [-0.25, -0.2) is 4.79 Å². The largest absolute Gasteiger partial charge is 0.480 e. The molecule has 0 bridgehead atoms. The zero-order chi connectivity index (χ0) is 23.6. The lowest BCUT2D eigenvalue weighted by Crippen LogP contribution is -2.60. The molecule has 0 spiro atoms. The van der Waals surface area contributed by atoms with E-state index in [-0.39, 0.29) is 0 Å². The van der Waals surface area contributed by atoms with E-state index in [1.54, 1.807) is 13.8 Å². The van der Waals surface area contributed by atoms with Gasteiger partial charge >= 0.3 is 5.97 Å². The van der Waals surface area contributed by atoms with Crippen molar-refractivity contribution in [2.75, 3.05) is 6.61 Å². The summed E-state index contributed by atoms with van der Waals surface area (Å²) in [5.74, 6) is -5.57. The van der Waals surface area contributed by atoms with Crippen LogP contribution in [0.25, 0.3) is 0 Å². The highest BCUT2D eigenvalue weighted by Gasteiger charge is 2.33. The predicted octanol–water partition coefficient (Wildman–Crippen LogP) is -3.85. The van der Waals surface area contributed by atoms with Gasteiger partial charge in [-0.2, -0.15) is 0 Å². The van der Waals surface area contributed by atoms with Gasteiger partial charge in [0.1, 0.15) is 24.2 Å². The van der Waals surface area contributed by atoms with Gasteiger partial charge in [0.25, 0.3) is 0 Å². The Morgan fingerprint density at radius 1 is 0.933 bits per heavy atom. The third-order valence-electron chi connectivity index (χ3n) is 4.45. The number of aliphatic hydroxyl groups excluding tert-OH is 2. The number of hydrogen-bond acceptors (Lipinski definition) is 8. The third-order valence-corrected chi connectivity index (χ3v) is 4.45. The van der Waals surface area contributed by atoms with Crippen molar-refractivity contribution in [3.05, 3.63) is 0 Å². The summed E-state index contributed by atoms with van der Waals surface area (Å²) in [6, 6.07) is -5.66. The number of carboxylic acid groups (broad SMARTS) is 1. The second kappa shape index (κ2) is 12.7. The molecule has 0 aliphatic heterocycles. The second-order valence-corrected chi connectivity index (χ2v) is 6.95. The molecule has 0 aliphatic rings. The van der Waals surface area contributed by atoms with Crippen molar-refractivity contribution in [1.29, 1.82) is 0 Å².